The number of aryl methyl sites for hydroxylation is 1. The predicted molar refractivity (Wildman–Crippen MR) is 133 cm³/mol. The third-order valence-corrected chi connectivity index (χ3v) is 5.51. The smallest absolute Gasteiger partial charge is 0.275 e. The van der Waals surface area contributed by atoms with Gasteiger partial charge in [-0.05, 0) is 48.9 Å². The Morgan fingerprint density at radius 1 is 1.11 bits per heavy atom. The molecule has 1 N–H and O–H groups in total. The highest BCUT2D eigenvalue weighted by Gasteiger charge is 2.14. The van der Waals surface area contributed by atoms with Crippen molar-refractivity contribution in [1.82, 2.24) is 5.43 Å². The Hall–Kier alpha value is -4.43. The molecule has 0 fully saturated rings. The molecule has 0 saturated heterocycles. The van der Waals surface area contributed by atoms with Crippen molar-refractivity contribution < 1.29 is 18.9 Å². The molecule has 35 heavy (non-hydrogen) atoms. The van der Waals surface area contributed by atoms with Crippen molar-refractivity contribution >= 4 is 29.4 Å². The summed E-state index contributed by atoms with van der Waals surface area (Å²) in [6.45, 7) is 1.98. The number of rotatable bonds is 8. The van der Waals surface area contributed by atoms with E-state index >= 15 is 0 Å². The van der Waals surface area contributed by atoms with E-state index in [0.29, 0.717) is 33.4 Å². The second kappa shape index (κ2) is 10.7. The standard InChI is InChI=1S/C26H20ClN3O5/c1-17-14-19(30(32)33)10-12-21(17)25-13-11-20(35-25)15-28-29-26(31)22-7-3-5-9-24(22)34-16-18-6-2-4-8-23(18)27/h2-15H,16H2,1H3,(H,29,31)/b28-15+. The highest BCUT2D eigenvalue weighted by atomic mass is 35.5. The fourth-order valence-corrected chi connectivity index (χ4v) is 3.56. The van der Waals surface area contributed by atoms with Crippen LogP contribution < -0.4 is 10.2 Å². The number of carbonyl (C=O) groups excluding carboxylic acids is 1. The lowest BCUT2D eigenvalue weighted by Gasteiger charge is -2.11. The molecular formula is C26H20ClN3O5. The van der Waals surface area contributed by atoms with Gasteiger partial charge in [0.15, 0.2) is 0 Å². The minimum Gasteiger partial charge on any atom is -0.488 e. The summed E-state index contributed by atoms with van der Waals surface area (Å²) in [5.41, 5.74) is 5.04. The molecule has 1 amide bonds. The van der Waals surface area contributed by atoms with Crippen LogP contribution in [0.3, 0.4) is 0 Å². The fraction of sp³-hybridized carbons (Fsp3) is 0.0769. The van der Waals surface area contributed by atoms with Crippen LogP contribution in [-0.2, 0) is 6.61 Å². The number of halogens is 1. The SMILES string of the molecule is Cc1cc([N+](=O)[O-])ccc1-c1ccc(/C=N/NC(=O)c2ccccc2OCc2ccccc2Cl)o1. The van der Waals surface area contributed by atoms with Crippen LogP contribution in [0.2, 0.25) is 5.02 Å². The van der Waals surface area contributed by atoms with E-state index in [1.54, 1.807) is 55.5 Å². The van der Waals surface area contributed by atoms with Crippen LogP contribution in [0.25, 0.3) is 11.3 Å². The van der Waals surface area contributed by atoms with E-state index in [2.05, 4.69) is 10.5 Å². The second-order valence-electron chi connectivity index (χ2n) is 7.53. The van der Waals surface area contributed by atoms with Gasteiger partial charge < -0.3 is 9.15 Å². The number of ether oxygens (including phenoxy) is 1. The van der Waals surface area contributed by atoms with E-state index in [1.807, 2.05) is 18.2 Å². The van der Waals surface area contributed by atoms with Crippen LogP contribution in [0.5, 0.6) is 5.75 Å². The van der Waals surface area contributed by atoms with Gasteiger partial charge >= 0.3 is 0 Å². The van der Waals surface area contributed by atoms with Gasteiger partial charge in [-0.1, -0.05) is 41.9 Å². The number of hydrogen-bond acceptors (Lipinski definition) is 6. The van der Waals surface area contributed by atoms with Crippen molar-refractivity contribution in [2.45, 2.75) is 13.5 Å². The zero-order valence-electron chi connectivity index (χ0n) is 18.6. The number of nitro benzene ring substituents is 1. The Bertz CT molecular complexity index is 1410. The molecule has 0 bridgehead atoms. The summed E-state index contributed by atoms with van der Waals surface area (Å²) in [6.07, 6.45) is 1.37. The van der Waals surface area contributed by atoms with E-state index < -0.39 is 10.8 Å². The van der Waals surface area contributed by atoms with Gasteiger partial charge in [0.1, 0.15) is 23.9 Å². The molecule has 4 rings (SSSR count). The van der Waals surface area contributed by atoms with Crippen LogP contribution in [0.1, 0.15) is 27.2 Å². The van der Waals surface area contributed by atoms with Crippen LogP contribution >= 0.6 is 11.6 Å². The first-order valence-corrected chi connectivity index (χ1v) is 10.9. The van der Waals surface area contributed by atoms with Gasteiger partial charge in [0.05, 0.1) is 16.7 Å². The van der Waals surface area contributed by atoms with E-state index in [0.717, 1.165) is 11.1 Å². The predicted octanol–water partition coefficient (Wildman–Crippen LogP) is 6.16. The Kier molecular flexibility index (Phi) is 7.23. The molecule has 0 atom stereocenters. The number of nitrogens with one attached hydrogen (secondary N) is 1. The number of hydrogen-bond donors (Lipinski definition) is 1. The molecule has 0 radical (unpaired) electrons. The van der Waals surface area contributed by atoms with Crippen LogP contribution in [-0.4, -0.2) is 17.0 Å². The molecule has 0 saturated carbocycles. The lowest BCUT2D eigenvalue weighted by Crippen LogP contribution is -2.18. The third-order valence-electron chi connectivity index (χ3n) is 5.14. The van der Waals surface area contributed by atoms with Gasteiger partial charge in [-0.2, -0.15) is 5.10 Å². The van der Waals surface area contributed by atoms with Gasteiger partial charge in [-0.25, -0.2) is 5.43 Å². The van der Waals surface area contributed by atoms with Gasteiger partial charge in [-0.3, -0.25) is 14.9 Å². The van der Waals surface area contributed by atoms with Gasteiger partial charge in [0, 0.05) is 28.3 Å². The second-order valence-corrected chi connectivity index (χ2v) is 7.94. The molecule has 0 spiro atoms. The maximum absolute atomic E-state index is 12.7. The zero-order chi connectivity index (χ0) is 24.8. The molecular weight excluding hydrogens is 470 g/mol. The van der Waals surface area contributed by atoms with E-state index in [9.17, 15) is 14.9 Å². The van der Waals surface area contributed by atoms with Crippen molar-refractivity contribution in [3.05, 3.63) is 116 Å². The average Bonchev–Trinajstić information content (AvgIpc) is 3.32. The van der Waals surface area contributed by atoms with Crippen molar-refractivity contribution in [2.24, 2.45) is 5.10 Å². The van der Waals surface area contributed by atoms with Gasteiger partial charge in [-0.15, -0.1) is 0 Å². The summed E-state index contributed by atoms with van der Waals surface area (Å²) in [6, 6.07) is 22.1. The molecule has 4 aromatic rings. The Morgan fingerprint density at radius 3 is 2.66 bits per heavy atom. The number of carbonyl (C=O) groups is 1. The summed E-state index contributed by atoms with van der Waals surface area (Å²) in [5, 5.41) is 15.5. The van der Waals surface area contributed by atoms with Crippen molar-refractivity contribution in [2.75, 3.05) is 0 Å². The van der Waals surface area contributed by atoms with Gasteiger partial charge in [0.25, 0.3) is 11.6 Å². The van der Waals surface area contributed by atoms with Crippen molar-refractivity contribution in [3.63, 3.8) is 0 Å². The Labute approximate surface area is 206 Å². The van der Waals surface area contributed by atoms with Gasteiger partial charge in [0.2, 0.25) is 0 Å². The fourth-order valence-electron chi connectivity index (χ4n) is 3.37. The average molecular weight is 490 g/mol. The first kappa shape index (κ1) is 23.7. The Balaban J connectivity index is 1.41. The number of amides is 1. The van der Waals surface area contributed by atoms with Crippen LogP contribution in [0, 0.1) is 17.0 Å². The number of nitro groups is 1. The van der Waals surface area contributed by atoms with Crippen molar-refractivity contribution in [1.29, 1.82) is 0 Å². The molecule has 8 nitrogen and oxygen atoms in total. The largest absolute Gasteiger partial charge is 0.488 e. The lowest BCUT2D eigenvalue weighted by atomic mass is 10.1. The summed E-state index contributed by atoms with van der Waals surface area (Å²) < 4.78 is 11.6. The molecule has 0 unspecified atom stereocenters. The highest BCUT2D eigenvalue weighted by Crippen LogP contribution is 2.28. The number of nitrogens with zero attached hydrogens (tertiary/aromatic N) is 2. The van der Waals surface area contributed by atoms with Crippen LogP contribution in [0.4, 0.5) is 5.69 Å². The molecule has 3 aromatic carbocycles. The van der Waals surface area contributed by atoms with E-state index in [1.165, 1.54) is 18.3 Å². The monoisotopic (exact) mass is 489 g/mol. The number of benzene rings is 3. The molecule has 9 heteroatoms. The molecule has 1 aromatic heterocycles. The van der Waals surface area contributed by atoms with E-state index in [-0.39, 0.29) is 12.3 Å². The number of furan rings is 1. The molecule has 1 heterocycles. The minimum atomic E-state index is -0.450. The summed E-state index contributed by atoms with van der Waals surface area (Å²) >= 11 is 6.17. The lowest BCUT2D eigenvalue weighted by molar-refractivity contribution is -0.384. The van der Waals surface area contributed by atoms with Crippen LogP contribution in [0.15, 0.2) is 88.4 Å². The topological polar surface area (TPSA) is 107 Å². The minimum absolute atomic E-state index is 0.0124. The first-order chi connectivity index (χ1) is 16.9. The highest BCUT2D eigenvalue weighted by molar-refractivity contribution is 6.31. The quantitative estimate of drug-likeness (QED) is 0.181. The maximum Gasteiger partial charge on any atom is 0.275 e. The molecule has 0 aliphatic carbocycles. The zero-order valence-corrected chi connectivity index (χ0v) is 19.4. The van der Waals surface area contributed by atoms with E-state index in [4.69, 9.17) is 20.8 Å². The number of para-hydroxylation sites is 1. The summed E-state index contributed by atoms with van der Waals surface area (Å²) in [4.78, 5) is 23.2. The molecule has 0 aliphatic heterocycles. The first-order valence-electron chi connectivity index (χ1n) is 10.6. The number of non-ortho nitro benzene ring substituents is 1. The molecule has 0 aliphatic rings. The Morgan fingerprint density at radius 2 is 1.89 bits per heavy atom. The molecule has 176 valence electrons. The summed E-state index contributed by atoms with van der Waals surface area (Å²) in [7, 11) is 0. The normalized spacial score (nSPS) is 10.9. The number of hydrazone groups is 1. The third kappa shape index (κ3) is 5.74. The van der Waals surface area contributed by atoms with Crippen molar-refractivity contribution in [3.8, 4) is 17.1 Å². The maximum atomic E-state index is 12.7. The summed E-state index contributed by atoms with van der Waals surface area (Å²) in [5.74, 6) is 0.882.